The normalized spacial score (nSPS) is 13.8. The molecule has 0 atom stereocenters. The van der Waals surface area contributed by atoms with Gasteiger partial charge in [-0.3, -0.25) is 10.0 Å². The van der Waals surface area contributed by atoms with Crippen LogP contribution in [0.1, 0.15) is 24.1 Å². The number of carbonyl (C=O) groups excluding carboxylic acids is 1. The predicted molar refractivity (Wildman–Crippen MR) is 95.3 cm³/mol. The summed E-state index contributed by atoms with van der Waals surface area (Å²) >= 11 is 0. The highest BCUT2D eigenvalue weighted by Crippen LogP contribution is 2.31. The minimum absolute atomic E-state index is 0.0154. The number of hydrogen-bond donors (Lipinski definition) is 2. The number of hydrogen-bond acceptors (Lipinski definition) is 3. The lowest BCUT2D eigenvalue weighted by atomic mass is 10.0. The molecular weight excluding hydrogens is 333 g/mol. The Morgan fingerprint density at radius 3 is 2.77 bits per heavy atom. The number of nitrogens with zero attached hydrogens (tertiary/aromatic N) is 2. The van der Waals surface area contributed by atoms with Crippen molar-refractivity contribution < 1.29 is 19.1 Å². The molecular formula is C20H19FN3O2+. The third-order valence-electron chi connectivity index (χ3n) is 4.84. The molecule has 1 aromatic carbocycles. The van der Waals surface area contributed by atoms with Crippen molar-refractivity contribution in [3.8, 4) is 11.3 Å². The lowest BCUT2D eigenvalue weighted by Crippen LogP contribution is -2.36. The maximum absolute atomic E-state index is 13.7. The van der Waals surface area contributed by atoms with Crippen molar-refractivity contribution in [1.29, 1.82) is 0 Å². The lowest BCUT2D eigenvalue weighted by molar-refractivity contribution is -0.899. The molecule has 4 rings (SSSR count). The maximum atomic E-state index is 13.7. The van der Waals surface area contributed by atoms with E-state index in [1.165, 1.54) is 12.1 Å². The molecule has 0 aliphatic heterocycles. The van der Waals surface area contributed by atoms with Gasteiger partial charge < -0.3 is 5.32 Å². The van der Waals surface area contributed by atoms with Crippen LogP contribution >= 0.6 is 0 Å². The van der Waals surface area contributed by atoms with Crippen LogP contribution in [0.3, 0.4) is 0 Å². The Hall–Kier alpha value is -3.02. The molecule has 2 heterocycles. The van der Waals surface area contributed by atoms with Crippen LogP contribution in [-0.4, -0.2) is 16.1 Å². The molecule has 1 aliphatic rings. The van der Waals surface area contributed by atoms with Crippen LogP contribution in [0.15, 0.2) is 36.5 Å². The van der Waals surface area contributed by atoms with E-state index < -0.39 is 0 Å². The molecule has 3 aromatic rings. The first kappa shape index (κ1) is 16.4. The third kappa shape index (κ3) is 2.87. The second-order valence-corrected chi connectivity index (χ2v) is 6.81. The summed E-state index contributed by atoms with van der Waals surface area (Å²) < 4.78 is 14.7. The van der Waals surface area contributed by atoms with E-state index in [0.717, 1.165) is 33.9 Å². The van der Waals surface area contributed by atoms with Crippen LogP contribution in [0.4, 0.5) is 10.2 Å². The summed E-state index contributed by atoms with van der Waals surface area (Å²) in [5, 5.41) is 15.0. The average molecular weight is 352 g/mol. The smallest absolute Gasteiger partial charge is 0.265 e. The van der Waals surface area contributed by atoms with Gasteiger partial charge in [-0.2, -0.15) is 0 Å². The summed E-state index contributed by atoms with van der Waals surface area (Å²) in [6.07, 6.45) is 3.50. The number of halogens is 1. The van der Waals surface area contributed by atoms with Crippen molar-refractivity contribution in [1.82, 2.24) is 4.98 Å². The molecule has 0 radical (unpaired) electrons. The maximum Gasteiger partial charge on any atom is 0.265 e. The zero-order valence-electron chi connectivity index (χ0n) is 14.6. The second kappa shape index (κ2) is 6.05. The van der Waals surface area contributed by atoms with Crippen LogP contribution in [0.25, 0.3) is 22.0 Å². The van der Waals surface area contributed by atoms with Crippen LogP contribution in [0.5, 0.6) is 0 Å². The number of anilines is 1. The number of benzene rings is 1. The molecule has 2 aromatic heterocycles. The molecule has 1 aliphatic carbocycles. The number of fused-ring (bicyclic) bond motifs is 1. The highest BCUT2D eigenvalue weighted by molar-refractivity contribution is 5.95. The van der Waals surface area contributed by atoms with Crippen molar-refractivity contribution in [3.63, 3.8) is 0 Å². The number of amides is 1. The number of nitrogens with one attached hydrogen (secondary N) is 1. The van der Waals surface area contributed by atoms with Crippen molar-refractivity contribution >= 4 is 22.5 Å². The Labute approximate surface area is 150 Å². The Morgan fingerprint density at radius 1 is 1.27 bits per heavy atom. The van der Waals surface area contributed by atoms with E-state index in [1.807, 2.05) is 6.92 Å². The zero-order valence-corrected chi connectivity index (χ0v) is 14.6. The average Bonchev–Trinajstić information content (AvgIpc) is 3.46. The summed E-state index contributed by atoms with van der Waals surface area (Å²) in [4.78, 5) is 16.2. The van der Waals surface area contributed by atoms with Crippen molar-refractivity contribution in [2.24, 2.45) is 5.92 Å². The standard InChI is InChI=1S/C20H18FN3O2/c1-11-3-6-15(21)8-16(11)18-7-14-10-22-19(23-20(25)13-4-5-13)9-17(14)12(2)24(18)26/h3,6-10,13H,4-5H2,1-2H3,(H-,22,23,25,26)/p+1. The molecule has 0 unspecified atom stereocenters. The molecule has 0 bridgehead atoms. The highest BCUT2D eigenvalue weighted by atomic mass is 19.1. The molecule has 0 spiro atoms. The van der Waals surface area contributed by atoms with Gasteiger partial charge in [-0.1, -0.05) is 6.07 Å². The van der Waals surface area contributed by atoms with E-state index >= 15 is 0 Å². The molecule has 1 fully saturated rings. The van der Waals surface area contributed by atoms with Gasteiger partial charge in [-0.25, -0.2) is 9.37 Å². The van der Waals surface area contributed by atoms with Crippen molar-refractivity contribution in [2.45, 2.75) is 26.7 Å². The van der Waals surface area contributed by atoms with E-state index in [2.05, 4.69) is 10.3 Å². The van der Waals surface area contributed by atoms with Crippen molar-refractivity contribution in [3.05, 3.63) is 53.6 Å². The van der Waals surface area contributed by atoms with Crippen LogP contribution in [0, 0.1) is 25.6 Å². The number of carbonyl (C=O) groups is 1. The number of aryl methyl sites for hydroxylation is 2. The van der Waals surface area contributed by atoms with E-state index in [0.29, 0.717) is 22.8 Å². The minimum atomic E-state index is -0.361. The molecule has 1 saturated carbocycles. The summed E-state index contributed by atoms with van der Waals surface area (Å²) in [5.41, 5.74) is 2.55. The Balaban J connectivity index is 1.81. The third-order valence-corrected chi connectivity index (χ3v) is 4.84. The Kier molecular flexibility index (Phi) is 3.83. The van der Waals surface area contributed by atoms with E-state index in [9.17, 15) is 14.4 Å². The second-order valence-electron chi connectivity index (χ2n) is 6.81. The van der Waals surface area contributed by atoms with Gasteiger partial charge in [0.05, 0.1) is 10.9 Å². The number of rotatable bonds is 3. The monoisotopic (exact) mass is 352 g/mol. The van der Waals surface area contributed by atoms with Gasteiger partial charge in [0.25, 0.3) is 5.69 Å². The molecule has 2 N–H and O–H groups in total. The van der Waals surface area contributed by atoms with E-state index in [-0.39, 0.29) is 17.6 Å². The Morgan fingerprint density at radius 2 is 2.04 bits per heavy atom. The highest BCUT2D eigenvalue weighted by Gasteiger charge is 2.30. The molecule has 132 valence electrons. The first-order valence-electron chi connectivity index (χ1n) is 8.56. The first-order valence-corrected chi connectivity index (χ1v) is 8.56. The molecule has 5 nitrogen and oxygen atoms in total. The van der Waals surface area contributed by atoms with E-state index in [1.54, 1.807) is 31.3 Å². The van der Waals surface area contributed by atoms with Gasteiger partial charge in [-0.05, 0) is 43.5 Å². The summed E-state index contributed by atoms with van der Waals surface area (Å²) in [6, 6.07) is 7.99. The Bertz CT molecular complexity index is 1040. The van der Waals surface area contributed by atoms with E-state index in [4.69, 9.17) is 0 Å². The summed E-state index contributed by atoms with van der Waals surface area (Å²) in [5.74, 6) is 0.180. The van der Waals surface area contributed by atoms with Crippen LogP contribution in [0.2, 0.25) is 0 Å². The number of aromatic nitrogens is 2. The zero-order chi connectivity index (χ0) is 18.4. The summed E-state index contributed by atoms with van der Waals surface area (Å²) in [6.45, 7) is 3.63. The molecule has 26 heavy (non-hydrogen) atoms. The minimum Gasteiger partial charge on any atom is -0.310 e. The fourth-order valence-corrected chi connectivity index (χ4v) is 3.10. The van der Waals surface area contributed by atoms with Gasteiger partial charge >= 0.3 is 0 Å². The fourth-order valence-electron chi connectivity index (χ4n) is 3.10. The molecule has 1 amide bonds. The topological polar surface area (TPSA) is 66.1 Å². The van der Waals surface area contributed by atoms with Gasteiger partial charge in [0.2, 0.25) is 11.6 Å². The number of pyridine rings is 2. The quantitative estimate of drug-likeness (QED) is 0.560. The van der Waals surface area contributed by atoms with Gasteiger partial charge in [0.15, 0.2) is 0 Å². The van der Waals surface area contributed by atoms with Gasteiger partial charge in [-0.15, -0.1) is 0 Å². The molecule has 6 heteroatoms. The summed E-state index contributed by atoms with van der Waals surface area (Å²) in [7, 11) is 0. The lowest BCUT2D eigenvalue weighted by Gasteiger charge is -2.08. The van der Waals surface area contributed by atoms with Gasteiger partial charge in [0, 0.05) is 35.2 Å². The molecule has 0 saturated heterocycles. The van der Waals surface area contributed by atoms with Crippen molar-refractivity contribution in [2.75, 3.05) is 5.32 Å². The van der Waals surface area contributed by atoms with Crippen LogP contribution < -0.4 is 10.0 Å². The first-order chi connectivity index (χ1) is 12.4. The fraction of sp³-hybridized carbons (Fsp3) is 0.250. The largest absolute Gasteiger partial charge is 0.310 e. The van der Waals surface area contributed by atoms with Gasteiger partial charge in [0.1, 0.15) is 11.6 Å². The SMILES string of the molecule is Cc1ccc(F)cc1-c1cc2cnc(NC(=O)C3CC3)cc2c(C)[n+]1O. The predicted octanol–water partition coefficient (Wildman–Crippen LogP) is 3.53. The van der Waals surface area contributed by atoms with Crippen LogP contribution in [-0.2, 0) is 4.79 Å².